The molecule has 3 heterocycles. The number of nitrogens with zero attached hydrogens (tertiary/aromatic N) is 6. The monoisotopic (exact) mass is 383 g/mol. The van der Waals surface area contributed by atoms with Crippen LogP contribution < -0.4 is 15.2 Å². The molecule has 0 unspecified atom stereocenters. The van der Waals surface area contributed by atoms with Gasteiger partial charge in [-0.15, -0.1) is 0 Å². The molecule has 2 saturated heterocycles. The van der Waals surface area contributed by atoms with Gasteiger partial charge in [0, 0.05) is 26.2 Å². The summed E-state index contributed by atoms with van der Waals surface area (Å²) in [4.78, 5) is 18.1. The highest BCUT2D eigenvalue weighted by atomic mass is 16.5. The molecule has 1 N–H and O–H groups in total. The summed E-state index contributed by atoms with van der Waals surface area (Å²) < 4.78 is 10.9. The first kappa shape index (κ1) is 18.6. The van der Waals surface area contributed by atoms with Gasteiger partial charge >= 0.3 is 0 Å². The van der Waals surface area contributed by atoms with E-state index in [1.807, 2.05) is 18.2 Å². The molecular formula is C19H25N7O2. The van der Waals surface area contributed by atoms with Crippen LogP contribution in [0.2, 0.25) is 0 Å². The largest absolute Gasteiger partial charge is 0.378 e. The molecule has 2 fully saturated rings. The molecule has 0 atom stereocenters. The van der Waals surface area contributed by atoms with Crippen molar-refractivity contribution in [2.24, 2.45) is 5.10 Å². The summed E-state index contributed by atoms with van der Waals surface area (Å²) in [6.45, 7) is 7.80. The van der Waals surface area contributed by atoms with Gasteiger partial charge in [-0.3, -0.25) is 0 Å². The molecule has 0 aliphatic carbocycles. The number of nitrogens with one attached hydrogen (secondary N) is 1. The first-order valence-electron chi connectivity index (χ1n) is 9.56. The molecule has 28 heavy (non-hydrogen) atoms. The van der Waals surface area contributed by atoms with Gasteiger partial charge in [0.05, 0.1) is 32.6 Å². The fraction of sp³-hybridized carbons (Fsp3) is 0.474. The maximum Gasteiger partial charge on any atom is 0.250 e. The van der Waals surface area contributed by atoms with E-state index in [9.17, 15) is 0 Å². The van der Waals surface area contributed by atoms with Gasteiger partial charge in [-0.25, -0.2) is 5.43 Å². The fourth-order valence-electron chi connectivity index (χ4n) is 3.10. The first-order chi connectivity index (χ1) is 13.8. The summed E-state index contributed by atoms with van der Waals surface area (Å²) in [7, 11) is 0. The van der Waals surface area contributed by atoms with Crippen LogP contribution in [0.1, 0.15) is 11.1 Å². The van der Waals surface area contributed by atoms with Gasteiger partial charge in [-0.05, 0) is 18.1 Å². The smallest absolute Gasteiger partial charge is 0.250 e. The van der Waals surface area contributed by atoms with Crippen molar-refractivity contribution < 1.29 is 9.47 Å². The summed E-state index contributed by atoms with van der Waals surface area (Å²) >= 11 is 0. The average molecular weight is 383 g/mol. The van der Waals surface area contributed by atoms with E-state index in [0.29, 0.717) is 44.3 Å². The topological polar surface area (TPSA) is 88.0 Å². The minimum Gasteiger partial charge on any atom is -0.378 e. The lowest BCUT2D eigenvalue weighted by Gasteiger charge is -2.30. The second-order valence-electron chi connectivity index (χ2n) is 6.68. The Kier molecular flexibility index (Phi) is 5.93. The second kappa shape index (κ2) is 8.94. The molecule has 0 saturated carbocycles. The Bertz CT molecular complexity index is 781. The van der Waals surface area contributed by atoms with E-state index in [0.717, 1.165) is 37.3 Å². The van der Waals surface area contributed by atoms with Crippen molar-refractivity contribution in [2.75, 3.05) is 67.8 Å². The molecule has 148 valence electrons. The van der Waals surface area contributed by atoms with Crippen LogP contribution in [-0.4, -0.2) is 73.8 Å². The van der Waals surface area contributed by atoms with Gasteiger partial charge in [0.15, 0.2) is 0 Å². The number of ether oxygens (including phenoxy) is 2. The van der Waals surface area contributed by atoms with E-state index >= 15 is 0 Å². The molecule has 9 nitrogen and oxygen atoms in total. The molecule has 9 heteroatoms. The van der Waals surface area contributed by atoms with Crippen LogP contribution in [0, 0.1) is 6.92 Å². The van der Waals surface area contributed by atoms with E-state index in [2.05, 4.69) is 48.3 Å². The normalized spacial score (nSPS) is 17.9. The zero-order valence-corrected chi connectivity index (χ0v) is 16.0. The third-order valence-electron chi connectivity index (χ3n) is 4.76. The van der Waals surface area contributed by atoms with Crippen molar-refractivity contribution in [1.29, 1.82) is 0 Å². The van der Waals surface area contributed by atoms with Crippen LogP contribution in [0.3, 0.4) is 0 Å². The standard InChI is InChI=1S/C19H25N7O2/c1-15-4-2-3-5-16(15)14-20-24-17-21-18(25-6-10-27-11-7-25)23-19(22-17)26-8-12-28-13-9-26/h2-5,14H,6-13H2,1H3,(H,21,22,23,24)/b20-14-. The SMILES string of the molecule is Cc1ccccc1/C=N\Nc1nc(N2CCOCC2)nc(N2CCOCC2)n1. The lowest BCUT2D eigenvalue weighted by atomic mass is 10.1. The number of morpholine rings is 2. The highest BCUT2D eigenvalue weighted by Gasteiger charge is 2.20. The Labute approximate surface area is 164 Å². The quantitative estimate of drug-likeness (QED) is 0.611. The molecule has 0 spiro atoms. The third kappa shape index (κ3) is 4.55. The predicted octanol–water partition coefficient (Wildman–Crippen LogP) is 1.30. The predicted molar refractivity (Wildman–Crippen MR) is 108 cm³/mol. The lowest BCUT2D eigenvalue weighted by molar-refractivity contribution is 0.121. The zero-order valence-electron chi connectivity index (χ0n) is 16.0. The van der Waals surface area contributed by atoms with E-state index < -0.39 is 0 Å². The number of benzene rings is 1. The molecule has 1 aromatic heterocycles. The minimum absolute atomic E-state index is 0.433. The van der Waals surface area contributed by atoms with Crippen molar-refractivity contribution in [2.45, 2.75) is 6.92 Å². The Morgan fingerprint density at radius 1 is 0.893 bits per heavy atom. The molecule has 0 radical (unpaired) electrons. The Morgan fingerprint density at radius 2 is 1.46 bits per heavy atom. The minimum atomic E-state index is 0.433. The van der Waals surface area contributed by atoms with Crippen molar-refractivity contribution in [1.82, 2.24) is 15.0 Å². The van der Waals surface area contributed by atoms with Crippen LogP contribution in [0.25, 0.3) is 0 Å². The van der Waals surface area contributed by atoms with Gasteiger partial charge in [0.2, 0.25) is 17.8 Å². The van der Waals surface area contributed by atoms with Gasteiger partial charge in [0.1, 0.15) is 0 Å². The fourth-order valence-corrected chi connectivity index (χ4v) is 3.10. The van der Waals surface area contributed by atoms with Gasteiger partial charge in [0.25, 0.3) is 0 Å². The van der Waals surface area contributed by atoms with E-state index in [-0.39, 0.29) is 0 Å². The summed E-state index contributed by atoms with van der Waals surface area (Å²) in [6, 6.07) is 8.07. The number of aromatic nitrogens is 3. The van der Waals surface area contributed by atoms with E-state index in [4.69, 9.17) is 9.47 Å². The average Bonchev–Trinajstić information content (AvgIpc) is 2.76. The highest BCUT2D eigenvalue weighted by molar-refractivity contribution is 5.81. The summed E-state index contributed by atoms with van der Waals surface area (Å²) in [5.41, 5.74) is 5.18. The van der Waals surface area contributed by atoms with Gasteiger partial charge in [-0.1, -0.05) is 24.3 Å². The van der Waals surface area contributed by atoms with Crippen molar-refractivity contribution >= 4 is 24.1 Å². The molecule has 0 amide bonds. The molecular weight excluding hydrogens is 358 g/mol. The number of hydrogen-bond acceptors (Lipinski definition) is 9. The van der Waals surface area contributed by atoms with Crippen LogP contribution in [0.5, 0.6) is 0 Å². The van der Waals surface area contributed by atoms with E-state index in [1.54, 1.807) is 6.21 Å². The molecule has 1 aromatic carbocycles. The third-order valence-corrected chi connectivity index (χ3v) is 4.76. The maximum atomic E-state index is 5.44. The number of aryl methyl sites for hydroxylation is 1. The maximum absolute atomic E-state index is 5.44. The zero-order chi connectivity index (χ0) is 19.2. The molecule has 0 bridgehead atoms. The van der Waals surface area contributed by atoms with Crippen molar-refractivity contribution in [3.8, 4) is 0 Å². The van der Waals surface area contributed by atoms with Crippen molar-refractivity contribution in [3.05, 3.63) is 35.4 Å². The van der Waals surface area contributed by atoms with Crippen LogP contribution in [0.15, 0.2) is 29.4 Å². The molecule has 2 aliphatic rings. The summed E-state index contributed by atoms with van der Waals surface area (Å²) in [5.74, 6) is 1.73. The van der Waals surface area contributed by atoms with Gasteiger partial charge in [-0.2, -0.15) is 20.1 Å². The number of hydrazone groups is 1. The lowest BCUT2D eigenvalue weighted by Crippen LogP contribution is -2.40. The van der Waals surface area contributed by atoms with E-state index in [1.165, 1.54) is 0 Å². The molecule has 2 aromatic rings. The van der Waals surface area contributed by atoms with Crippen LogP contribution in [0.4, 0.5) is 17.8 Å². The molecule has 2 aliphatic heterocycles. The number of rotatable bonds is 5. The Balaban J connectivity index is 1.56. The van der Waals surface area contributed by atoms with Gasteiger partial charge < -0.3 is 19.3 Å². The summed E-state index contributed by atoms with van der Waals surface area (Å²) in [5, 5.41) is 4.33. The molecule has 4 rings (SSSR count). The number of hydrogen-bond donors (Lipinski definition) is 1. The van der Waals surface area contributed by atoms with Crippen LogP contribution in [-0.2, 0) is 9.47 Å². The second-order valence-corrected chi connectivity index (χ2v) is 6.68. The van der Waals surface area contributed by atoms with Crippen molar-refractivity contribution in [3.63, 3.8) is 0 Å². The van der Waals surface area contributed by atoms with Crippen LogP contribution >= 0.6 is 0 Å². The first-order valence-corrected chi connectivity index (χ1v) is 9.56. The Morgan fingerprint density at radius 3 is 2.04 bits per heavy atom. The summed E-state index contributed by atoms with van der Waals surface area (Å²) in [6.07, 6.45) is 1.78. The number of anilines is 3. The highest BCUT2D eigenvalue weighted by Crippen LogP contribution is 2.18. The Hall–Kier alpha value is -2.78.